The topological polar surface area (TPSA) is 107 Å². The van der Waals surface area contributed by atoms with Gasteiger partial charge in [-0.15, -0.1) is 11.3 Å². The van der Waals surface area contributed by atoms with Crippen molar-refractivity contribution in [1.29, 1.82) is 0 Å². The molecule has 152 valence electrons. The lowest BCUT2D eigenvalue weighted by Crippen LogP contribution is -2.36. The summed E-state index contributed by atoms with van der Waals surface area (Å²) in [4.78, 5) is 29.8. The van der Waals surface area contributed by atoms with Gasteiger partial charge in [0.15, 0.2) is 15.0 Å². The van der Waals surface area contributed by atoms with Gasteiger partial charge in [-0.05, 0) is 38.2 Å². The molecule has 10 heteroatoms. The van der Waals surface area contributed by atoms with E-state index in [1.54, 1.807) is 18.5 Å². The molecular weight excluding hydrogens is 402 g/mol. The molecule has 0 aromatic carbocycles. The predicted octanol–water partition coefficient (Wildman–Crippen LogP) is 2.01. The van der Waals surface area contributed by atoms with Crippen molar-refractivity contribution < 1.29 is 17.9 Å². The van der Waals surface area contributed by atoms with E-state index in [-0.39, 0.29) is 16.7 Å². The first-order chi connectivity index (χ1) is 13.3. The molecule has 0 radical (unpaired) electrons. The fourth-order valence-corrected chi connectivity index (χ4v) is 4.63. The molecule has 0 aliphatic carbocycles. The average molecular weight is 426 g/mol. The van der Waals surface area contributed by atoms with E-state index >= 15 is 0 Å². The van der Waals surface area contributed by atoms with Gasteiger partial charge >= 0.3 is 0 Å². The molecule has 1 aliphatic heterocycles. The SMILES string of the molecule is Cc1cc(S(C)(=O)=O)cc(=O)n1C(CC1CCOCC1)C(=O)Nc1nccs1. The van der Waals surface area contributed by atoms with Crippen LogP contribution in [0.15, 0.2) is 33.4 Å². The zero-order valence-corrected chi connectivity index (χ0v) is 17.4. The Morgan fingerprint density at radius 1 is 1.39 bits per heavy atom. The molecule has 1 fully saturated rings. The minimum Gasteiger partial charge on any atom is -0.381 e. The van der Waals surface area contributed by atoms with Crippen molar-refractivity contribution in [2.45, 2.75) is 37.1 Å². The van der Waals surface area contributed by atoms with Crippen molar-refractivity contribution in [2.24, 2.45) is 5.92 Å². The summed E-state index contributed by atoms with van der Waals surface area (Å²) in [7, 11) is -3.52. The van der Waals surface area contributed by atoms with Crippen LogP contribution in [0, 0.1) is 12.8 Å². The Morgan fingerprint density at radius 3 is 2.68 bits per heavy atom. The summed E-state index contributed by atoms with van der Waals surface area (Å²) in [6.45, 7) is 2.91. The largest absolute Gasteiger partial charge is 0.381 e. The number of carbonyl (C=O) groups is 1. The first-order valence-electron chi connectivity index (χ1n) is 8.97. The van der Waals surface area contributed by atoms with Gasteiger partial charge in [0, 0.05) is 42.8 Å². The number of amides is 1. The fraction of sp³-hybridized carbons (Fsp3) is 0.500. The maximum Gasteiger partial charge on any atom is 0.252 e. The number of ether oxygens (including phenoxy) is 1. The number of aryl methyl sites for hydroxylation is 1. The number of nitrogens with one attached hydrogen (secondary N) is 1. The molecule has 1 saturated heterocycles. The summed E-state index contributed by atoms with van der Waals surface area (Å²) in [5.74, 6) is -0.0968. The molecule has 28 heavy (non-hydrogen) atoms. The van der Waals surface area contributed by atoms with Crippen LogP contribution in [0.3, 0.4) is 0 Å². The number of hydrogen-bond acceptors (Lipinski definition) is 7. The van der Waals surface area contributed by atoms with Gasteiger partial charge in [-0.1, -0.05) is 0 Å². The van der Waals surface area contributed by atoms with E-state index in [0.717, 1.165) is 25.2 Å². The second kappa shape index (κ2) is 8.54. The van der Waals surface area contributed by atoms with Crippen molar-refractivity contribution >= 4 is 32.2 Å². The molecule has 1 N–H and O–H groups in total. The normalized spacial score (nSPS) is 16.6. The van der Waals surface area contributed by atoms with Crippen LogP contribution in [0.2, 0.25) is 0 Å². The third-order valence-corrected chi connectivity index (χ3v) is 6.62. The van der Waals surface area contributed by atoms with E-state index in [1.165, 1.54) is 22.0 Å². The Balaban J connectivity index is 1.97. The van der Waals surface area contributed by atoms with E-state index in [1.807, 2.05) is 0 Å². The third kappa shape index (κ3) is 4.86. The number of aromatic nitrogens is 2. The highest BCUT2D eigenvalue weighted by Gasteiger charge is 2.29. The molecule has 3 rings (SSSR count). The van der Waals surface area contributed by atoms with E-state index in [0.29, 0.717) is 30.5 Å². The zero-order valence-electron chi connectivity index (χ0n) is 15.8. The van der Waals surface area contributed by atoms with E-state index in [2.05, 4.69) is 10.3 Å². The molecular formula is C18H23N3O5S2. The number of hydrogen-bond donors (Lipinski definition) is 1. The molecule has 0 spiro atoms. The van der Waals surface area contributed by atoms with Gasteiger partial charge in [-0.3, -0.25) is 9.59 Å². The first kappa shape index (κ1) is 20.7. The number of rotatable bonds is 6. The average Bonchev–Trinajstić information content (AvgIpc) is 3.13. The highest BCUT2D eigenvalue weighted by atomic mass is 32.2. The number of pyridine rings is 1. The fourth-order valence-electron chi connectivity index (χ4n) is 3.40. The molecule has 0 bridgehead atoms. The Morgan fingerprint density at radius 2 is 2.11 bits per heavy atom. The highest BCUT2D eigenvalue weighted by molar-refractivity contribution is 7.90. The third-order valence-electron chi connectivity index (χ3n) is 4.84. The van der Waals surface area contributed by atoms with Crippen molar-refractivity contribution in [2.75, 3.05) is 24.8 Å². The standard InChI is InChI=1S/C18H23N3O5S2/c1-12-9-14(28(2,24)25)11-16(22)21(12)15(10-13-3-6-26-7-4-13)17(23)20-18-19-5-8-27-18/h5,8-9,11,13,15H,3-4,6-7,10H2,1-2H3,(H,19,20,23). The van der Waals surface area contributed by atoms with Gasteiger partial charge in [0.2, 0.25) is 5.91 Å². The Labute approximate surface area is 167 Å². The van der Waals surface area contributed by atoms with Crippen LogP contribution in [0.4, 0.5) is 5.13 Å². The predicted molar refractivity (Wildman–Crippen MR) is 106 cm³/mol. The minimum atomic E-state index is -3.52. The number of thiazole rings is 1. The maximum absolute atomic E-state index is 13.0. The minimum absolute atomic E-state index is 0.0450. The molecule has 2 aromatic heterocycles. The Bertz CT molecular complexity index is 993. The highest BCUT2D eigenvalue weighted by Crippen LogP contribution is 2.28. The quantitative estimate of drug-likeness (QED) is 0.759. The van der Waals surface area contributed by atoms with E-state index in [4.69, 9.17) is 4.74 Å². The maximum atomic E-state index is 13.0. The molecule has 1 amide bonds. The molecule has 1 unspecified atom stereocenters. The summed E-state index contributed by atoms with van der Waals surface area (Å²) in [6, 6.07) is 1.76. The second-order valence-electron chi connectivity index (χ2n) is 6.95. The summed E-state index contributed by atoms with van der Waals surface area (Å²) >= 11 is 1.29. The summed E-state index contributed by atoms with van der Waals surface area (Å²) in [6.07, 6.45) is 4.75. The van der Waals surface area contributed by atoms with Gasteiger partial charge in [-0.2, -0.15) is 0 Å². The summed E-state index contributed by atoms with van der Waals surface area (Å²) < 4.78 is 30.4. The van der Waals surface area contributed by atoms with Crippen molar-refractivity contribution in [3.05, 3.63) is 39.8 Å². The Hall–Kier alpha value is -2.04. The lowest BCUT2D eigenvalue weighted by molar-refractivity contribution is -0.120. The van der Waals surface area contributed by atoms with Crippen LogP contribution >= 0.6 is 11.3 Å². The smallest absolute Gasteiger partial charge is 0.252 e. The Kier molecular flexibility index (Phi) is 6.31. The molecule has 0 saturated carbocycles. The van der Waals surface area contributed by atoms with Gasteiger partial charge < -0.3 is 14.6 Å². The number of carbonyl (C=O) groups excluding carboxylic acids is 1. The van der Waals surface area contributed by atoms with Crippen molar-refractivity contribution in [3.8, 4) is 0 Å². The van der Waals surface area contributed by atoms with Crippen LogP contribution < -0.4 is 10.9 Å². The van der Waals surface area contributed by atoms with E-state index < -0.39 is 21.4 Å². The van der Waals surface area contributed by atoms with Gasteiger partial charge in [0.1, 0.15) is 6.04 Å². The monoisotopic (exact) mass is 425 g/mol. The summed E-state index contributed by atoms with van der Waals surface area (Å²) in [5, 5.41) is 4.98. The lowest BCUT2D eigenvalue weighted by Gasteiger charge is -2.28. The lowest BCUT2D eigenvalue weighted by atomic mass is 9.91. The summed E-state index contributed by atoms with van der Waals surface area (Å²) in [5.41, 5.74) is -0.0777. The van der Waals surface area contributed by atoms with Crippen molar-refractivity contribution in [1.82, 2.24) is 9.55 Å². The van der Waals surface area contributed by atoms with Crippen LogP contribution in [0.1, 0.15) is 31.0 Å². The van der Waals surface area contributed by atoms with E-state index in [9.17, 15) is 18.0 Å². The molecule has 2 aromatic rings. The molecule has 8 nitrogen and oxygen atoms in total. The van der Waals surface area contributed by atoms with Crippen LogP contribution in [-0.2, 0) is 19.4 Å². The van der Waals surface area contributed by atoms with Crippen LogP contribution in [-0.4, -0.2) is 43.3 Å². The van der Waals surface area contributed by atoms with Crippen molar-refractivity contribution in [3.63, 3.8) is 0 Å². The number of anilines is 1. The van der Waals surface area contributed by atoms with Gasteiger partial charge in [0.05, 0.1) is 4.90 Å². The van der Waals surface area contributed by atoms with Crippen LogP contribution in [0.25, 0.3) is 0 Å². The second-order valence-corrected chi connectivity index (χ2v) is 9.86. The van der Waals surface area contributed by atoms with Crippen LogP contribution in [0.5, 0.6) is 0 Å². The molecule has 3 heterocycles. The number of nitrogens with zero attached hydrogens (tertiary/aromatic N) is 2. The van der Waals surface area contributed by atoms with Gasteiger partial charge in [-0.25, -0.2) is 13.4 Å². The molecule has 1 atom stereocenters. The van der Waals surface area contributed by atoms with Gasteiger partial charge in [0.25, 0.3) is 5.56 Å². The first-order valence-corrected chi connectivity index (χ1v) is 11.7. The number of sulfone groups is 1. The molecule has 1 aliphatic rings. The zero-order chi connectivity index (χ0) is 20.3.